The van der Waals surface area contributed by atoms with Crippen LogP contribution in [0.3, 0.4) is 0 Å². The van der Waals surface area contributed by atoms with Gasteiger partial charge in [-0.15, -0.1) is 0 Å². The Morgan fingerprint density at radius 2 is 1.92 bits per heavy atom. The zero-order chi connectivity index (χ0) is 9.84. The van der Waals surface area contributed by atoms with Gasteiger partial charge in [0.15, 0.2) is 0 Å². The fourth-order valence-electron chi connectivity index (χ4n) is 1.06. The first-order chi connectivity index (χ1) is 6.08. The zero-order valence-electron chi connectivity index (χ0n) is 8.33. The van der Waals surface area contributed by atoms with E-state index in [1.165, 1.54) is 0 Å². The Morgan fingerprint density at radius 3 is 2.38 bits per heavy atom. The maximum atomic E-state index is 5.60. The Bertz CT molecular complexity index is 263. The van der Waals surface area contributed by atoms with Gasteiger partial charge in [0, 0.05) is 24.0 Å². The molecule has 0 aliphatic rings. The lowest BCUT2D eigenvalue weighted by Gasteiger charge is -2.08. The van der Waals surface area contributed by atoms with Crippen molar-refractivity contribution >= 4 is 5.95 Å². The maximum absolute atomic E-state index is 5.60. The predicted molar refractivity (Wildman–Crippen MR) is 53.6 cm³/mol. The molecule has 1 rings (SSSR count). The topological polar surface area (TPSA) is 63.8 Å². The fourth-order valence-corrected chi connectivity index (χ4v) is 1.06. The fraction of sp³-hybridized carbons (Fsp3) is 0.556. The number of anilines is 1. The van der Waals surface area contributed by atoms with E-state index in [-0.39, 0.29) is 6.04 Å². The van der Waals surface area contributed by atoms with Gasteiger partial charge in [0.05, 0.1) is 0 Å². The third-order valence-electron chi connectivity index (χ3n) is 1.56. The summed E-state index contributed by atoms with van der Waals surface area (Å²) in [6, 6.07) is 2.06. The van der Waals surface area contributed by atoms with Crippen molar-refractivity contribution in [1.82, 2.24) is 9.97 Å². The SMILES string of the molecule is Cc1cc(C)nc(NCC(C)N)n1. The third-order valence-corrected chi connectivity index (χ3v) is 1.56. The van der Waals surface area contributed by atoms with Crippen molar-refractivity contribution in [2.45, 2.75) is 26.8 Å². The molecule has 4 nitrogen and oxygen atoms in total. The zero-order valence-corrected chi connectivity index (χ0v) is 8.33. The number of nitrogens with two attached hydrogens (primary N) is 1. The quantitative estimate of drug-likeness (QED) is 0.724. The standard InChI is InChI=1S/C9H16N4/c1-6(10)5-11-9-12-7(2)4-8(3)13-9/h4,6H,5,10H2,1-3H3,(H,11,12,13). The van der Waals surface area contributed by atoms with Gasteiger partial charge in [-0.3, -0.25) is 0 Å². The summed E-state index contributed by atoms with van der Waals surface area (Å²) < 4.78 is 0. The van der Waals surface area contributed by atoms with E-state index < -0.39 is 0 Å². The van der Waals surface area contributed by atoms with Crippen LogP contribution < -0.4 is 11.1 Å². The second-order valence-electron chi connectivity index (χ2n) is 3.33. The minimum Gasteiger partial charge on any atom is -0.353 e. The lowest BCUT2D eigenvalue weighted by molar-refractivity contribution is 0.772. The molecule has 1 heterocycles. The summed E-state index contributed by atoms with van der Waals surface area (Å²) in [6.07, 6.45) is 0. The van der Waals surface area contributed by atoms with Crippen LogP contribution in [0.4, 0.5) is 5.95 Å². The highest BCUT2D eigenvalue weighted by atomic mass is 15.1. The molecule has 1 atom stereocenters. The molecule has 0 aliphatic heterocycles. The van der Waals surface area contributed by atoms with Crippen molar-refractivity contribution in [3.63, 3.8) is 0 Å². The number of rotatable bonds is 3. The molecule has 0 saturated carbocycles. The molecule has 4 heteroatoms. The lowest BCUT2D eigenvalue weighted by atomic mass is 10.3. The summed E-state index contributed by atoms with van der Waals surface area (Å²) in [4.78, 5) is 8.46. The van der Waals surface area contributed by atoms with Crippen LogP contribution in [0.15, 0.2) is 6.07 Å². The van der Waals surface area contributed by atoms with Gasteiger partial charge in [-0.05, 0) is 26.8 Å². The Kier molecular flexibility index (Phi) is 3.19. The van der Waals surface area contributed by atoms with Crippen molar-refractivity contribution in [2.24, 2.45) is 5.73 Å². The van der Waals surface area contributed by atoms with Gasteiger partial charge >= 0.3 is 0 Å². The van der Waals surface area contributed by atoms with E-state index in [1.54, 1.807) is 0 Å². The molecule has 0 bridgehead atoms. The molecule has 0 aliphatic carbocycles. The molecule has 0 aromatic carbocycles. The molecule has 1 unspecified atom stereocenters. The van der Waals surface area contributed by atoms with Gasteiger partial charge in [0.1, 0.15) is 0 Å². The van der Waals surface area contributed by atoms with Gasteiger partial charge in [-0.2, -0.15) is 0 Å². The smallest absolute Gasteiger partial charge is 0.223 e. The number of hydrogen-bond donors (Lipinski definition) is 2. The maximum Gasteiger partial charge on any atom is 0.223 e. The Labute approximate surface area is 78.6 Å². The highest BCUT2D eigenvalue weighted by Crippen LogP contribution is 2.02. The summed E-state index contributed by atoms with van der Waals surface area (Å²) in [6.45, 7) is 6.54. The van der Waals surface area contributed by atoms with Crippen LogP contribution in [0.25, 0.3) is 0 Å². The normalized spacial score (nSPS) is 12.6. The van der Waals surface area contributed by atoms with Gasteiger partial charge in [0.2, 0.25) is 5.95 Å². The molecule has 0 saturated heterocycles. The first-order valence-corrected chi connectivity index (χ1v) is 4.39. The van der Waals surface area contributed by atoms with E-state index in [0.29, 0.717) is 12.5 Å². The largest absolute Gasteiger partial charge is 0.353 e. The van der Waals surface area contributed by atoms with E-state index in [2.05, 4.69) is 15.3 Å². The molecule has 13 heavy (non-hydrogen) atoms. The number of aromatic nitrogens is 2. The number of aryl methyl sites for hydroxylation is 2. The minimum atomic E-state index is 0.115. The Balaban J connectivity index is 2.66. The molecule has 72 valence electrons. The minimum absolute atomic E-state index is 0.115. The number of nitrogens with one attached hydrogen (secondary N) is 1. The van der Waals surface area contributed by atoms with Crippen molar-refractivity contribution in [3.8, 4) is 0 Å². The molecule has 1 aromatic heterocycles. The number of hydrogen-bond acceptors (Lipinski definition) is 4. The third kappa shape index (κ3) is 3.38. The first kappa shape index (κ1) is 9.92. The van der Waals surface area contributed by atoms with Crippen molar-refractivity contribution in [2.75, 3.05) is 11.9 Å². The highest BCUT2D eigenvalue weighted by molar-refractivity contribution is 5.27. The molecular weight excluding hydrogens is 164 g/mol. The van der Waals surface area contributed by atoms with E-state index in [1.807, 2.05) is 26.8 Å². The Hall–Kier alpha value is -1.16. The first-order valence-electron chi connectivity index (χ1n) is 4.39. The van der Waals surface area contributed by atoms with Crippen molar-refractivity contribution in [1.29, 1.82) is 0 Å². The lowest BCUT2D eigenvalue weighted by Crippen LogP contribution is -2.26. The number of nitrogens with zero attached hydrogens (tertiary/aromatic N) is 2. The predicted octanol–water partition coefficient (Wildman–Crippen LogP) is 0.853. The molecule has 0 spiro atoms. The van der Waals surface area contributed by atoms with E-state index in [9.17, 15) is 0 Å². The van der Waals surface area contributed by atoms with Gasteiger partial charge in [-0.1, -0.05) is 0 Å². The summed E-state index contributed by atoms with van der Waals surface area (Å²) in [7, 11) is 0. The van der Waals surface area contributed by atoms with Gasteiger partial charge in [0.25, 0.3) is 0 Å². The van der Waals surface area contributed by atoms with Crippen LogP contribution >= 0.6 is 0 Å². The second kappa shape index (κ2) is 4.18. The van der Waals surface area contributed by atoms with Crippen LogP contribution in [-0.2, 0) is 0 Å². The van der Waals surface area contributed by atoms with Crippen LogP contribution in [0.5, 0.6) is 0 Å². The summed E-state index contributed by atoms with van der Waals surface area (Å²) >= 11 is 0. The average Bonchev–Trinajstić information content (AvgIpc) is 1.99. The van der Waals surface area contributed by atoms with Gasteiger partial charge < -0.3 is 11.1 Å². The van der Waals surface area contributed by atoms with Crippen molar-refractivity contribution in [3.05, 3.63) is 17.5 Å². The van der Waals surface area contributed by atoms with Crippen LogP contribution in [-0.4, -0.2) is 22.6 Å². The van der Waals surface area contributed by atoms with E-state index in [0.717, 1.165) is 11.4 Å². The van der Waals surface area contributed by atoms with E-state index >= 15 is 0 Å². The molecular formula is C9H16N4. The van der Waals surface area contributed by atoms with Crippen LogP contribution in [0.2, 0.25) is 0 Å². The average molecular weight is 180 g/mol. The Morgan fingerprint density at radius 1 is 1.38 bits per heavy atom. The van der Waals surface area contributed by atoms with E-state index in [4.69, 9.17) is 5.73 Å². The van der Waals surface area contributed by atoms with Gasteiger partial charge in [-0.25, -0.2) is 9.97 Å². The summed E-state index contributed by atoms with van der Waals surface area (Å²) in [5, 5.41) is 3.08. The van der Waals surface area contributed by atoms with Crippen LogP contribution in [0, 0.1) is 13.8 Å². The highest BCUT2D eigenvalue weighted by Gasteiger charge is 1.99. The molecule has 0 fully saturated rings. The summed E-state index contributed by atoms with van der Waals surface area (Å²) in [5.74, 6) is 0.662. The molecule has 0 radical (unpaired) electrons. The van der Waals surface area contributed by atoms with Crippen molar-refractivity contribution < 1.29 is 0 Å². The van der Waals surface area contributed by atoms with Crippen LogP contribution in [0.1, 0.15) is 18.3 Å². The monoisotopic (exact) mass is 180 g/mol. The molecule has 3 N–H and O–H groups in total. The summed E-state index contributed by atoms with van der Waals surface area (Å²) in [5.41, 5.74) is 7.54. The molecule has 1 aromatic rings. The molecule has 0 amide bonds. The second-order valence-corrected chi connectivity index (χ2v) is 3.33.